The maximum Gasteiger partial charge on any atom is 0.322 e. The number of benzene rings is 1. The van der Waals surface area contributed by atoms with Gasteiger partial charge in [-0.2, -0.15) is 0 Å². The molecule has 1 aromatic carbocycles. The van der Waals surface area contributed by atoms with Gasteiger partial charge in [-0.3, -0.25) is 14.4 Å². The van der Waals surface area contributed by atoms with Gasteiger partial charge in [0.1, 0.15) is 6.54 Å². The van der Waals surface area contributed by atoms with Crippen molar-refractivity contribution in [3.63, 3.8) is 0 Å². The summed E-state index contributed by atoms with van der Waals surface area (Å²) in [7, 11) is 3.38. The van der Waals surface area contributed by atoms with Crippen molar-refractivity contribution in [1.82, 2.24) is 10.2 Å². The molecule has 0 fully saturated rings. The second-order valence-electron chi connectivity index (χ2n) is 5.32. The first kappa shape index (κ1) is 21.4. The Balaban J connectivity index is 0.000000922. The van der Waals surface area contributed by atoms with E-state index >= 15 is 0 Å². The standard InChI is InChI=1S/C15H19NO3.C3H7NO/c1-2-3-4-5-7-12-8-6-9-13(10-12)15(19)16-11-14(17)18;1-4(2)3-5/h5-10H,2-4,11H2,1H3,(H,16,19)(H,17,18);3H,1-2H3/b7-5-;. The number of carboxylic acid groups (broad SMARTS) is 1. The number of aliphatic carboxylic acids is 1. The van der Waals surface area contributed by atoms with Crippen molar-refractivity contribution in [3.8, 4) is 0 Å². The van der Waals surface area contributed by atoms with Crippen LogP contribution in [0.1, 0.15) is 42.1 Å². The van der Waals surface area contributed by atoms with Crippen LogP contribution in [0.4, 0.5) is 0 Å². The molecular formula is C18H26N2O4. The van der Waals surface area contributed by atoms with Crippen LogP contribution in [0.25, 0.3) is 6.08 Å². The first-order valence-electron chi connectivity index (χ1n) is 7.79. The molecule has 6 nitrogen and oxygen atoms in total. The molecule has 0 heterocycles. The molecule has 0 aliphatic rings. The van der Waals surface area contributed by atoms with Gasteiger partial charge in [-0.1, -0.05) is 44.1 Å². The van der Waals surface area contributed by atoms with Crippen LogP contribution in [0, 0.1) is 0 Å². The molecular weight excluding hydrogens is 308 g/mol. The predicted molar refractivity (Wildman–Crippen MR) is 94.7 cm³/mol. The Hall–Kier alpha value is -2.63. The third-order valence-corrected chi connectivity index (χ3v) is 2.79. The van der Waals surface area contributed by atoms with Gasteiger partial charge >= 0.3 is 5.97 Å². The Labute approximate surface area is 143 Å². The van der Waals surface area contributed by atoms with Crippen molar-refractivity contribution in [1.29, 1.82) is 0 Å². The van der Waals surface area contributed by atoms with E-state index in [4.69, 9.17) is 5.11 Å². The molecule has 0 unspecified atom stereocenters. The molecule has 0 radical (unpaired) electrons. The van der Waals surface area contributed by atoms with E-state index in [1.807, 2.05) is 12.1 Å². The zero-order valence-corrected chi connectivity index (χ0v) is 14.5. The second kappa shape index (κ2) is 12.9. The smallest absolute Gasteiger partial charge is 0.322 e. The number of hydrogen-bond acceptors (Lipinski definition) is 3. The normalized spacial score (nSPS) is 9.79. The minimum atomic E-state index is -1.05. The molecule has 0 atom stereocenters. The quantitative estimate of drug-likeness (QED) is 0.564. The van der Waals surface area contributed by atoms with Crippen LogP contribution in [0.3, 0.4) is 0 Å². The van der Waals surface area contributed by atoms with Crippen molar-refractivity contribution >= 4 is 24.4 Å². The molecule has 2 N–H and O–H groups in total. The third-order valence-electron chi connectivity index (χ3n) is 2.79. The number of carboxylic acids is 1. The number of carbonyl (C=O) groups is 3. The van der Waals surface area contributed by atoms with Crippen LogP contribution in [-0.4, -0.2) is 48.9 Å². The lowest BCUT2D eigenvalue weighted by Gasteiger charge is -2.03. The summed E-state index contributed by atoms with van der Waals surface area (Å²) in [6, 6.07) is 7.12. The zero-order valence-electron chi connectivity index (χ0n) is 14.5. The van der Waals surface area contributed by atoms with Gasteiger partial charge in [0, 0.05) is 19.7 Å². The van der Waals surface area contributed by atoms with Gasteiger partial charge in [-0.25, -0.2) is 0 Å². The molecule has 0 aliphatic heterocycles. The summed E-state index contributed by atoms with van der Waals surface area (Å²) in [6.45, 7) is 1.77. The SMILES string of the molecule is CCCC/C=C\c1cccc(C(=O)NCC(=O)O)c1.CN(C)C=O. The molecule has 2 amide bonds. The molecule has 0 saturated heterocycles. The van der Waals surface area contributed by atoms with Gasteiger partial charge in [0.25, 0.3) is 5.91 Å². The number of allylic oxidation sites excluding steroid dienone is 1. The number of amides is 2. The highest BCUT2D eigenvalue weighted by atomic mass is 16.4. The van der Waals surface area contributed by atoms with Gasteiger partial charge < -0.3 is 15.3 Å². The summed E-state index contributed by atoms with van der Waals surface area (Å²) in [6.07, 6.45) is 8.13. The monoisotopic (exact) mass is 334 g/mol. The van der Waals surface area contributed by atoms with Gasteiger partial charge in [0.15, 0.2) is 0 Å². The lowest BCUT2D eigenvalue weighted by molar-refractivity contribution is -0.135. The third kappa shape index (κ3) is 11.0. The average molecular weight is 334 g/mol. The molecule has 0 aliphatic carbocycles. The highest BCUT2D eigenvalue weighted by molar-refractivity contribution is 5.96. The lowest BCUT2D eigenvalue weighted by Crippen LogP contribution is -2.29. The Morgan fingerprint density at radius 2 is 1.96 bits per heavy atom. The minimum absolute atomic E-state index is 0.366. The largest absolute Gasteiger partial charge is 0.480 e. The molecule has 0 saturated carbocycles. The van der Waals surface area contributed by atoms with Gasteiger partial charge in [0.05, 0.1) is 0 Å². The van der Waals surface area contributed by atoms with Crippen LogP contribution in [-0.2, 0) is 9.59 Å². The van der Waals surface area contributed by atoms with E-state index in [-0.39, 0.29) is 12.5 Å². The van der Waals surface area contributed by atoms with E-state index in [1.54, 1.807) is 32.3 Å². The minimum Gasteiger partial charge on any atom is -0.480 e. The fraction of sp³-hybridized carbons (Fsp3) is 0.389. The number of carbonyl (C=O) groups excluding carboxylic acids is 2. The highest BCUT2D eigenvalue weighted by Crippen LogP contribution is 2.08. The van der Waals surface area contributed by atoms with Crippen LogP contribution in [0.15, 0.2) is 30.3 Å². The van der Waals surface area contributed by atoms with E-state index in [1.165, 1.54) is 4.90 Å². The number of unbranched alkanes of at least 4 members (excludes halogenated alkanes) is 2. The summed E-state index contributed by atoms with van der Waals surface area (Å²) < 4.78 is 0. The molecule has 1 rings (SSSR count). The Kier molecular flexibility index (Phi) is 11.5. The van der Waals surface area contributed by atoms with Crippen molar-refractivity contribution in [2.24, 2.45) is 0 Å². The van der Waals surface area contributed by atoms with Gasteiger partial charge in [0.2, 0.25) is 6.41 Å². The number of nitrogens with one attached hydrogen (secondary N) is 1. The fourth-order valence-electron chi connectivity index (χ4n) is 1.58. The van der Waals surface area contributed by atoms with Crippen LogP contribution in [0.5, 0.6) is 0 Å². The van der Waals surface area contributed by atoms with E-state index < -0.39 is 5.97 Å². The van der Waals surface area contributed by atoms with Crippen LogP contribution < -0.4 is 5.32 Å². The van der Waals surface area contributed by atoms with Crippen molar-refractivity contribution in [2.45, 2.75) is 26.2 Å². The highest BCUT2D eigenvalue weighted by Gasteiger charge is 2.06. The molecule has 0 bridgehead atoms. The molecule has 24 heavy (non-hydrogen) atoms. The van der Waals surface area contributed by atoms with Crippen molar-refractivity contribution in [3.05, 3.63) is 41.5 Å². The van der Waals surface area contributed by atoms with E-state index in [0.29, 0.717) is 5.56 Å². The Morgan fingerprint density at radius 1 is 1.29 bits per heavy atom. The van der Waals surface area contributed by atoms with Crippen LogP contribution >= 0.6 is 0 Å². The van der Waals surface area contributed by atoms with Gasteiger partial charge in [-0.15, -0.1) is 0 Å². The van der Waals surface area contributed by atoms with Crippen LogP contribution in [0.2, 0.25) is 0 Å². The Bertz CT molecular complexity index is 554. The average Bonchev–Trinajstić information content (AvgIpc) is 2.57. The maximum atomic E-state index is 11.7. The number of nitrogens with zero attached hydrogens (tertiary/aromatic N) is 1. The molecule has 132 valence electrons. The first-order chi connectivity index (χ1) is 11.4. The molecule has 6 heteroatoms. The summed E-state index contributed by atoms with van der Waals surface area (Å²) in [5, 5.41) is 10.8. The predicted octanol–water partition coefficient (Wildman–Crippen LogP) is 2.41. The molecule has 0 aromatic heterocycles. The molecule has 1 aromatic rings. The summed E-state index contributed by atoms with van der Waals surface area (Å²) in [4.78, 5) is 32.9. The summed E-state index contributed by atoms with van der Waals surface area (Å²) in [5.74, 6) is -1.42. The number of rotatable bonds is 8. The Morgan fingerprint density at radius 3 is 2.50 bits per heavy atom. The van der Waals surface area contributed by atoms with Gasteiger partial charge in [-0.05, 0) is 24.1 Å². The van der Waals surface area contributed by atoms with Crippen molar-refractivity contribution in [2.75, 3.05) is 20.6 Å². The van der Waals surface area contributed by atoms with E-state index in [9.17, 15) is 14.4 Å². The maximum absolute atomic E-state index is 11.7. The summed E-state index contributed by atoms with van der Waals surface area (Å²) >= 11 is 0. The fourth-order valence-corrected chi connectivity index (χ4v) is 1.58. The zero-order chi connectivity index (χ0) is 18.4. The second-order valence-corrected chi connectivity index (χ2v) is 5.32. The summed E-state index contributed by atoms with van der Waals surface area (Å²) in [5.41, 5.74) is 1.41. The lowest BCUT2D eigenvalue weighted by atomic mass is 10.1. The van der Waals surface area contributed by atoms with E-state index in [0.717, 1.165) is 31.2 Å². The van der Waals surface area contributed by atoms with E-state index in [2.05, 4.69) is 18.3 Å². The van der Waals surface area contributed by atoms with Crippen molar-refractivity contribution < 1.29 is 19.5 Å². The first-order valence-corrected chi connectivity index (χ1v) is 7.79. The topological polar surface area (TPSA) is 86.7 Å². The number of hydrogen-bond donors (Lipinski definition) is 2. The molecule has 0 spiro atoms.